The molecule has 8 heteroatoms. The number of nitrogens with one attached hydrogen (secondary N) is 2. The number of halogens is 3. The maximum Gasteiger partial charge on any atom is 0.416 e. The molecule has 0 aliphatic heterocycles. The van der Waals surface area contributed by atoms with Gasteiger partial charge in [-0.1, -0.05) is 18.2 Å². The van der Waals surface area contributed by atoms with Crippen molar-refractivity contribution >= 4 is 23.2 Å². The zero-order valence-corrected chi connectivity index (χ0v) is 16.5. The Bertz CT molecular complexity index is 1060. The molecule has 3 rings (SSSR count). The SMILES string of the molecule is COc1ccc(CC(=O)Nc2ccc(C(=O)Nc3cccc(C(F)(F)F)c3)cc2)cc1. The Morgan fingerprint density at radius 3 is 2.16 bits per heavy atom. The Morgan fingerprint density at radius 2 is 1.55 bits per heavy atom. The molecule has 0 saturated heterocycles. The van der Waals surface area contributed by atoms with Gasteiger partial charge < -0.3 is 15.4 Å². The van der Waals surface area contributed by atoms with Crippen LogP contribution in [0.25, 0.3) is 0 Å². The van der Waals surface area contributed by atoms with Crippen molar-refractivity contribution < 1.29 is 27.5 Å². The first-order valence-corrected chi connectivity index (χ1v) is 9.26. The van der Waals surface area contributed by atoms with Gasteiger partial charge in [-0.3, -0.25) is 9.59 Å². The molecule has 0 saturated carbocycles. The van der Waals surface area contributed by atoms with E-state index in [1.165, 1.54) is 24.3 Å². The van der Waals surface area contributed by atoms with E-state index < -0.39 is 17.6 Å². The summed E-state index contributed by atoms with van der Waals surface area (Å²) in [5.41, 5.74) is 0.743. The lowest BCUT2D eigenvalue weighted by Crippen LogP contribution is -2.15. The number of carbonyl (C=O) groups excluding carboxylic acids is 2. The fraction of sp³-hybridized carbons (Fsp3) is 0.130. The molecule has 0 atom stereocenters. The second-order valence-corrected chi connectivity index (χ2v) is 6.68. The quantitative estimate of drug-likeness (QED) is 0.571. The van der Waals surface area contributed by atoms with E-state index in [0.29, 0.717) is 11.4 Å². The number of hydrogen-bond acceptors (Lipinski definition) is 3. The average Bonchev–Trinajstić information content (AvgIpc) is 2.74. The standard InChI is InChI=1S/C23H19F3N2O3/c1-31-20-11-5-15(6-12-20)13-21(29)27-18-9-7-16(8-10-18)22(30)28-19-4-2-3-17(14-19)23(24,25)26/h2-12,14H,13H2,1H3,(H,27,29)(H,28,30). The summed E-state index contributed by atoms with van der Waals surface area (Å²) in [6.07, 6.45) is -4.33. The van der Waals surface area contributed by atoms with Crippen molar-refractivity contribution in [2.75, 3.05) is 17.7 Å². The van der Waals surface area contributed by atoms with Crippen molar-refractivity contribution in [2.24, 2.45) is 0 Å². The molecule has 0 aliphatic rings. The summed E-state index contributed by atoms with van der Waals surface area (Å²) in [6.45, 7) is 0. The van der Waals surface area contributed by atoms with E-state index in [1.54, 1.807) is 43.5 Å². The molecule has 0 aliphatic carbocycles. The van der Waals surface area contributed by atoms with Gasteiger partial charge in [0.2, 0.25) is 5.91 Å². The summed E-state index contributed by atoms with van der Waals surface area (Å²) in [5, 5.41) is 5.17. The third kappa shape index (κ3) is 6.08. The highest BCUT2D eigenvalue weighted by Crippen LogP contribution is 2.30. The number of carbonyl (C=O) groups is 2. The molecule has 0 radical (unpaired) electrons. The van der Waals surface area contributed by atoms with Gasteiger partial charge >= 0.3 is 6.18 Å². The minimum atomic E-state index is -4.49. The Balaban J connectivity index is 1.59. The van der Waals surface area contributed by atoms with Crippen LogP contribution in [0.15, 0.2) is 72.8 Å². The molecule has 3 aromatic rings. The normalized spacial score (nSPS) is 11.0. The van der Waals surface area contributed by atoms with E-state index in [9.17, 15) is 22.8 Å². The van der Waals surface area contributed by atoms with Crippen LogP contribution in [0.5, 0.6) is 5.75 Å². The number of rotatable bonds is 6. The number of ether oxygens (including phenoxy) is 1. The van der Waals surface area contributed by atoms with Crippen LogP contribution in [-0.4, -0.2) is 18.9 Å². The van der Waals surface area contributed by atoms with Crippen LogP contribution < -0.4 is 15.4 Å². The molecule has 3 aromatic carbocycles. The van der Waals surface area contributed by atoms with Crippen LogP contribution in [0.2, 0.25) is 0 Å². The van der Waals surface area contributed by atoms with Crippen LogP contribution in [0.1, 0.15) is 21.5 Å². The van der Waals surface area contributed by atoms with Gasteiger partial charge in [-0.05, 0) is 60.2 Å². The topological polar surface area (TPSA) is 67.4 Å². The van der Waals surface area contributed by atoms with Gasteiger partial charge in [0, 0.05) is 16.9 Å². The van der Waals surface area contributed by atoms with E-state index in [4.69, 9.17) is 4.74 Å². The number of alkyl halides is 3. The summed E-state index contributed by atoms with van der Waals surface area (Å²) >= 11 is 0. The number of hydrogen-bond donors (Lipinski definition) is 2. The van der Waals surface area contributed by atoms with Crippen LogP contribution in [-0.2, 0) is 17.4 Å². The third-order valence-corrected chi connectivity index (χ3v) is 4.40. The van der Waals surface area contributed by atoms with Gasteiger partial charge in [0.15, 0.2) is 0 Å². The maximum absolute atomic E-state index is 12.8. The zero-order valence-electron chi connectivity index (χ0n) is 16.5. The minimum Gasteiger partial charge on any atom is -0.497 e. The molecule has 0 unspecified atom stereocenters. The monoisotopic (exact) mass is 428 g/mol. The van der Waals surface area contributed by atoms with E-state index in [0.717, 1.165) is 17.7 Å². The summed E-state index contributed by atoms with van der Waals surface area (Å²) in [5.74, 6) is -0.0927. The smallest absolute Gasteiger partial charge is 0.416 e. The first kappa shape index (κ1) is 21.9. The molecule has 0 bridgehead atoms. The number of amides is 2. The van der Waals surface area contributed by atoms with Gasteiger partial charge in [-0.2, -0.15) is 13.2 Å². The van der Waals surface area contributed by atoms with E-state index in [1.807, 2.05) is 0 Å². The van der Waals surface area contributed by atoms with Crippen LogP contribution in [0.4, 0.5) is 24.5 Å². The molecule has 0 spiro atoms. The Hall–Kier alpha value is -3.81. The van der Waals surface area contributed by atoms with Gasteiger partial charge in [0.05, 0.1) is 19.1 Å². The van der Waals surface area contributed by atoms with Crippen LogP contribution in [0.3, 0.4) is 0 Å². The lowest BCUT2D eigenvalue weighted by Gasteiger charge is -2.10. The molecule has 31 heavy (non-hydrogen) atoms. The summed E-state index contributed by atoms with van der Waals surface area (Å²) in [4.78, 5) is 24.5. The van der Waals surface area contributed by atoms with Gasteiger partial charge in [0.1, 0.15) is 5.75 Å². The summed E-state index contributed by atoms with van der Waals surface area (Å²) in [7, 11) is 1.56. The van der Waals surface area contributed by atoms with Crippen LogP contribution in [0, 0.1) is 0 Å². The number of methoxy groups -OCH3 is 1. The van der Waals surface area contributed by atoms with Crippen molar-refractivity contribution in [1.29, 1.82) is 0 Å². The number of anilines is 2. The highest BCUT2D eigenvalue weighted by molar-refractivity contribution is 6.04. The van der Waals surface area contributed by atoms with E-state index in [-0.39, 0.29) is 23.6 Å². The molecule has 5 nitrogen and oxygen atoms in total. The van der Waals surface area contributed by atoms with Gasteiger partial charge in [-0.15, -0.1) is 0 Å². The van der Waals surface area contributed by atoms with Crippen molar-refractivity contribution in [2.45, 2.75) is 12.6 Å². The van der Waals surface area contributed by atoms with Crippen LogP contribution >= 0.6 is 0 Å². The molecule has 2 N–H and O–H groups in total. The Labute approximate surface area is 176 Å². The minimum absolute atomic E-state index is 0.0386. The lowest BCUT2D eigenvalue weighted by molar-refractivity contribution is -0.137. The molecule has 160 valence electrons. The average molecular weight is 428 g/mol. The van der Waals surface area contributed by atoms with Crippen molar-refractivity contribution in [3.8, 4) is 5.75 Å². The third-order valence-electron chi connectivity index (χ3n) is 4.40. The molecular formula is C23H19F3N2O3. The fourth-order valence-corrected chi connectivity index (χ4v) is 2.82. The van der Waals surface area contributed by atoms with E-state index in [2.05, 4.69) is 10.6 Å². The van der Waals surface area contributed by atoms with E-state index >= 15 is 0 Å². The molecule has 0 aromatic heterocycles. The highest BCUT2D eigenvalue weighted by atomic mass is 19.4. The van der Waals surface area contributed by atoms with Crippen molar-refractivity contribution in [1.82, 2.24) is 0 Å². The number of benzene rings is 3. The zero-order chi connectivity index (χ0) is 22.4. The Morgan fingerprint density at radius 1 is 0.871 bits per heavy atom. The summed E-state index contributed by atoms with van der Waals surface area (Å²) in [6, 6.07) is 17.6. The largest absolute Gasteiger partial charge is 0.497 e. The molecular weight excluding hydrogens is 409 g/mol. The first-order valence-electron chi connectivity index (χ1n) is 9.26. The second-order valence-electron chi connectivity index (χ2n) is 6.68. The first-order chi connectivity index (χ1) is 14.7. The predicted molar refractivity (Wildman–Crippen MR) is 111 cm³/mol. The second kappa shape index (κ2) is 9.34. The van der Waals surface area contributed by atoms with Gasteiger partial charge in [-0.25, -0.2) is 0 Å². The lowest BCUT2D eigenvalue weighted by atomic mass is 10.1. The van der Waals surface area contributed by atoms with Crippen molar-refractivity contribution in [3.05, 3.63) is 89.5 Å². The summed E-state index contributed by atoms with van der Waals surface area (Å²) < 4.78 is 43.5. The molecule has 2 amide bonds. The fourth-order valence-electron chi connectivity index (χ4n) is 2.82. The maximum atomic E-state index is 12.8. The Kier molecular flexibility index (Phi) is 6.59. The molecule has 0 fully saturated rings. The molecule has 0 heterocycles. The van der Waals surface area contributed by atoms with Crippen molar-refractivity contribution in [3.63, 3.8) is 0 Å². The predicted octanol–water partition coefficient (Wildman–Crippen LogP) is 5.15. The van der Waals surface area contributed by atoms with Gasteiger partial charge in [0.25, 0.3) is 5.91 Å². The highest BCUT2D eigenvalue weighted by Gasteiger charge is 2.30.